The summed E-state index contributed by atoms with van der Waals surface area (Å²) in [5.74, 6) is 0.209. The summed E-state index contributed by atoms with van der Waals surface area (Å²) in [5, 5.41) is 14.0. The number of likely N-dealkylation sites (tertiary alicyclic amines) is 1. The molecule has 2 aromatic carbocycles. The number of hydrogen-bond donors (Lipinski definition) is 3. The zero-order valence-electron chi connectivity index (χ0n) is 18.0. The normalized spacial score (nSPS) is 13.3. The Hall–Kier alpha value is -3.52. The van der Waals surface area contributed by atoms with Crippen molar-refractivity contribution in [3.8, 4) is 0 Å². The number of carbonyl (C=O) groups is 2. The fourth-order valence-corrected chi connectivity index (χ4v) is 3.93. The van der Waals surface area contributed by atoms with Crippen LogP contribution in [0.15, 0.2) is 71.3 Å². The summed E-state index contributed by atoms with van der Waals surface area (Å²) in [6.07, 6.45) is 5.02. The van der Waals surface area contributed by atoms with Crippen LogP contribution >= 0.6 is 15.9 Å². The maximum absolute atomic E-state index is 12.8. The summed E-state index contributed by atoms with van der Waals surface area (Å²) in [6.45, 7) is 1.80. The number of halogens is 1. The highest BCUT2D eigenvalue weighted by Gasteiger charge is 2.17. The van der Waals surface area contributed by atoms with E-state index in [2.05, 4.69) is 36.4 Å². The van der Waals surface area contributed by atoms with Crippen molar-refractivity contribution in [3.63, 3.8) is 0 Å². The number of nitrogens with one attached hydrogen (secondary N) is 3. The smallest absolute Gasteiger partial charge is 0.258 e. The maximum atomic E-state index is 12.8. The number of rotatable bonds is 5. The second kappa shape index (κ2) is 10.4. The van der Waals surface area contributed by atoms with Crippen molar-refractivity contribution in [1.82, 2.24) is 9.88 Å². The minimum absolute atomic E-state index is 0.326. The first-order chi connectivity index (χ1) is 16.0. The van der Waals surface area contributed by atoms with E-state index in [1.54, 1.807) is 66.9 Å². The van der Waals surface area contributed by atoms with Crippen molar-refractivity contribution < 1.29 is 9.59 Å². The first-order valence-corrected chi connectivity index (χ1v) is 11.6. The molecule has 2 amide bonds. The van der Waals surface area contributed by atoms with Crippen LogP contribution in [0.3, 0.4) is 0 Å². The Morgan fingerprint density at radius 3 is 2.24 bits per heavy atom. The van der Waals surface area contributed by atoms with Crippen molar-refractivity contribution in [3.05, 3.63) is 88.0 Å². The zero-order valence-corrected chi connectivity index (χ0v) is 19.6. The molecule has 0 aliphatic carbocycles. The molecule has 7 nitrogen and oxygen atoms in total. The van der Waals surface area contributed by atoms with Gasteiger partial charge in [-0.1, -0.05) is 24.3 Å². The average molecular weight is 506 g/mol. The quantitative estimate of drug-likeness (QED) is 0.329. The molecule has 4 rings (SSSR count). The van der Waals surface area contributed by atoms with Crippen LogP contribution < -0.4 is 10.6 Å². The third-order valence-corrected chi connectivity index (χ3v) is 5.95. The van der Waals surface area contributed by atoms with Crippen LogP contribution in [0.1, 0.15) is 45.5 Å². The van der Waals surface area contributed by atoms with Gasteiger partial charge >= 0.3 is 0 Å². The first kappa shape index (κ1) is 22.7. The molecule has 0 spiro atoms. The highest BCUT2D eigenvalue weighted by molar-refractivity contribution is 9.10. The lowest BCUT2D eigenvalue weighted by atomic mass is 10.1. The van der Waals surface area contributed by atoms with Crippen LogP contribution in [0.25, 0.3) is 0 Å². The molecule has 0 radical (unpaired) electrons. The molecule has 0 atom stereocenters. The first-order valence-electron chi connectivity index (χ1n) is 10.8. The van der Waals surface area contributed by atoms with Gasteiger partial charge in [0.15, 0.2) is 0 Å². The van der Waals surface area contributed by atoms with E-state index < -0.39 is 0 Å². The van der Waals surface area contributed by atoms with Crippen molar-refractivity contribution >= 4 is 45.1 Å². The number of carbonyl (C=O) groups excluding carboxylic acids is 2. The number of hydrogen-bond acceptors (Lipinski definition) is 4. The SMILES string of the molecule is N=C(c1ccc(C(=O)Nc2ccccc2C(=O)Nc2ccc(Br)cn2)cc1)N1CCCCC1. The van der Waals surface area contributed by atoms with Gasteiger partial charge in [0, 0.05) is 34.9 Å². The van der Waals surface area contributed by atoms with Gasteiger partial charge in [0.25, 0.3) is 11.8 Å². The molecule has 1 saturated heterocycles. The van der Waals surface area contributed by atoms with Crippen molar-refractivity contribution in [2.24, 2.45) is 0 Å². The predicted octanol–water partition coefficient (Wildman–Crippen LogP) is 5.16. The fourth-order valence-electron chi connectivity index (χ4n) is 3.70. The number of anilines is 2. The van der Waals surface area contributed by atoms with Gasteiger partial charge in [0.1, 0.15) is 11.7 Å². The molecule has 0 unspecified atom stereocenters. The number of para-hydroxylation sites is 1. The highest BCUT2D eigenvalue weighted by atomic mass is 79.9. The van der Waals surface area contributed by atoms with Crippen LogP contribution in [0.5, 0.6) is 0 Å². The van der Waals surface area contributed by atoms with Crippen LogP contribution in [0.2, 0.25) is 0 Å². The summed E-state index contributed by atoms with van der Waals surface area (Å²) in [6, 6.07) is 17.3. The van der Waals surface area contributed by atoms with Gasteiger partial charge in [-0.2, -0.15) is 0 Å². The van der Waals surface area contributed by atoms with Gasteiger partial charge in [-0.15, -0.1) is 0 Å². The number of pyridine rings is 1. The van der Waals surface area contributed by atoms with Gasteiger partial charge in [-0.05, 0) is 71.6 Å². The molecule has 1 aromatic heterocycles. The average Bonchev–Trinajstić information content (AvgIpc) is 2.86. The molecule has 2 heterocycles. The number of nitrogens with zero attached hydrogens (tertiary/aromatic N) is 2. The molecule has 3 aromatic rings. The van der Waals surface area contributed by atoms with Gasteiger partial charge < -0.3 is 15.5 Å². The van der Waals surface area contributed by atoms with Crippen LogP contribution in [0, 0.1) is 5.41 Å². The standard InChI is InChI=1S/C25H24BrN5O2/c26-19-12-13-22(28-16-19)30-25(33)20-6-2-3-7-21(20)29-24(32)18-10-8-17(9-11-18)23(27)31-14-4-1-5-15-31/h2-3,6-13,16,27H,1,4-5,14-15H2,(H,29,32)(H,28,30,33). The lowest BCUT2D eigenvalue weighted by molar-refractivity contribution is 0.102. The third kappa shape index (κ3) is 5.64. The molecule has 1 fully saturated rings. The Morgan fingerprint density at radius 2 is 1.55 bits per heavy atom. The molecule has 168 valence electrons. The number of amides is 2. The molecular weight excluding hydrogens is 482 g/mol. The van der Waals surface area contributed by atoms with E-state index in [-0.39, 0.29) is 11.8 Å². The molecule has 8 heteroatoms. The predicted molar refractivity (Wildman–Crippen MR) is 133 cm³/mol. The Labute approximate surface area is 200 Å². The van der Waals surface area contributed by atoms with Gasteiger partial charge in [0.2, 0.25) is 0 Å². The second-order valence-corrected chi connectivity index (χ2v) is 8.70. The molecule has 1 aliphatic rings. The number of aromatic nitrogens is 1. The fraction of sp³-hybridized carbons (Fsp3) is 0.200. The largest absolute Gasteiger partial charge is 0.357 e. The van der Waals surface area contributed by atoms with E-state index in [1.807, 2.05) is 0 Å². The van der Waals surface area contributed by atoms with E-state index in [1.165, 1.54) is 6.42 Å². The van der Waals surface area contributed by atoms with E-state index in [9.17, 15) is 9.59 Å². The summed E-state index contributed by atoms with van der Waals surface area (Å²) in [7, 11) is 0. The lowest BCUT2D eigenvalue weighted by Crippen LogP contribution is -2.35. The third-order valence-electron chi connectivity index (χ3n) is 5.48. The molecule has 0 saturated carbocycles. The maximum Gasteiger partial charge on any atom is 0.258 e. The number of piperidine rings is 1. The Balaban J connectivity index is 1.44. The van der Waals surface area contributed by atoms with E-state index in [0.29, 0.717) is 28.5 Å². The van der Waals surface area contributed by atoms with Gasteiger partial charge in [-0.3, -0.25) is 15.0 Å². The minimum Gasteiger partial charge on any atom is -0.357 e. The molecule has 0 bridgehead atoms. The van der Waals surface area contributed by atoms with Gasteiger partial charge in [0.05, 0.1) is 11.3 Å². The minimum atomic E-state index is -0.369. The molecule has 1 aliphatic heterocycles. The van der Waals surface area contributed by atoms with Crippen LogP contribution in [0.4, 0.5) is 11.5 Å². The molecule has 33 heavy (non-hydrogen) atoms. The monoisotopic (exact) mass is 505 g/mol. The summed E-state index contributed by atoms with van der Waals surface area (Å²) < 4.78 is 0.810. The molecular formula is C25H24BrN5O2. The van der Waals surface area contributed by atoms with Crippen molar-refractivity contribution in [2.75, 3.05) is 23.7 Å². The zero-order chi connectivity index (χ0) is 23.2. The van der Waals surface area contributed by atoms with Crippen molar-refractivity contribution in [1.29, 1.82) is 5.41 Å². The summed E-state index contributed by atoms with van der Waals surface area (Å²) in [4.78, 5) is 31.8. The van der Waals surface area contributed by atoms with Crippen LogP contribution in [-0.4, -0.2) is 40.6 Å². The summed E-state index contributed by atoms with van der Waals surface area (Å²) >= 11 is 3.31. The van der Waals surface area contributed by atoms with Crippen molar-refractivity contribution in [2.45, 2.75) is 19.3 Å². The van der Waals surface area contributed by atoms with Gasteiger partial charge in [-0.25, -0.2) is 4.98 Å². The number of amidine groups is 1. The van der Waals surface area contributed by atoms with E-state index >= 15 is 0 Å². The summed E-state index contributed by atoms with van der Waals surface area (Å²) in [5.41, 5.74) is 1.98. The Morgan fingerprint density at radius 1 is 0.848 bits per heavy atom. The molecule has 3 N–H and O–H groups in total. The van der Waals surface area contributed by atoms with E-state index in [4.69, 9.17) is 5.41 Å². The highest BCUT2D eigenvalue weighted by Crippen LogP contribution is 2.19. The topological polar surface area (TPSA) is 98.2 Å². The Kier molecular flexibility index (Phi) is 7.14. The van der Waals surface area contributed by atoms with E-state index in [0.717, 1.165) is 36.0 Å². The number of benzene rings is 2. The Bertz CT molecular complexity index is 1160. The van der Waals surface area contributed by atoms with Crippen LogP contribution in [-0.2, 0) is 0 Å². The lowest BCUT2D eigenvalue weighted by Gasteiger charge is -2.29. The second-order valence-electron chi connectivity index (χ2n) is 7.79.